The van der Waals surface area contributed by atoms with Crippen LogP contribution in [0.5, 0.6) is 5.75 Å². The average molecular weight is 379 g/mol. The van der Waals surface area contributed by atoms with E-state index in [9.17, 15) is 9.59 Å². The van der Waals surface area contributed by atoms with E-state index in [0.29, 0.717) is 23.4 Å². The summed E-state index contributed by atoms with van der Waals surface area (Å²) < 4.78 is 5.68. The van der Waals surface area contributed by atoms with Crippen LogP contribution in [0, 0.1) is 0 Å². The molecule has 0 radical (unpaired) electrons. The van der Waals surface area contributed by atoms with Crippen LogP contribution in [0.2, 0.25) is 0 Å². The van der Waals surface area contributed by atoms with Gasteiger partial charge in [-0.2, -0.15) is 0 Å². The predicted octanol–water partition coefficient (Wildman–Crippen LogP) is 4.11. The molecule has 5 heteroatoms. The first kappa shape index (κ1) is 18.9. The minimum Gasteiger partial charge on any atom is -0.481 e. The number of ether oxygens (including phenoxy) is 1. The first-order chi connectivity index (χ1) is 13.1. The van der Waals surface area contributed by atoms with Crippen LogP contribution in [-0.4, -0.2) is 24.3 Å². The lowest BCUT2D eigenvalue weighted by atomic mass is 10.0. The van der Waals surface area contributed by atoms with Crippen LogP contribution in [0.25, 0.3) is 0 Å². The maximum absolute atomic E-state index is 12.4. The lowest BCUT2D eigenvalue weighted by molar-refractivity contribution is -0.127. The van der Waals surface area contributed by atoms with Gasteiger partial charge in [0.05, 0.1) is 0 Å². The number of ketones is 1. The summed E-state index contributed by atoms with van der Waals surface area (Å²) >= 11 is 1.68. The van der Waals surface area contributed by atoms with E-state index in [2.05, 4.69) is 11.4 Å². The van der Waals surface area contributed by atoms with Gasteiger partial charge in [-0.15, -0.1) is 11.3 Å². The molecule has 3 rings (SSSR count). The van der Waals surface area contributed by atoms with Crippen LogP contribution >= 0.6 is 11.3 Å². The van der Waals surface area contributed by atoms with Gasteiger partial charge in [0.15, 0.2) is 11.9 Å². The van der Waals surface area contributed by atoms with Crippen molar-refractivity contribution in [2.24, 2.45) is 0 Å². The summed E-state index contributed by atoms with van der Waals surface area (Å²) in [5.41, 5.74) is 1.23. The molecule has 0 aliphatic carbocycles. The van der Waals surface area contributed by atoms with Gasteiger partial charge in [0.1, 0.15) is 5.75 Å². The van der Waals surface area contributed by atoms with Gasteiger partial charge in [-0.1, -0.05) is 36.4 Å². The number of thiophene rings is 1. The fourth-order valence-corrected chi connectivity index (χ4v) is 3.32. The van der Waals surface area contributed by atoms with Gasteiger partial charge in [-0.3, -0.25) is 9.59 Å². The minimum absolute atomic E-state index is 0.0403. The van der Waals surface area contributed by atoms with E-state index in [1.165, 1.54) is 4.88 Å². The highest BCUT2D eigenvalue weighted by Gasteiger charge is 2.15. The van der Waals surface area contributed by atoms with Crippen molar-refractivity contribution in [2.75, 3.05) is 6.54 Å². The van der Waals surface area contributed by atoms with Crippen LogP contribution in [-0.2, 0) is 11.2 Å². The van der Waals surface area contributed by atoms with Crippen molar-refractivity contribution in [3.8, 4) is 5.75 Å². The molecule has 0 fully saturated rings. The standard InChI is InChI=1S/C22H21NO3S/c1-16(22(25)23-14-13-20-8-5-15-27-20)26-19-11-9-18(10-12-19)21(24)17-6-3-2-4-7-17/h2-12,15-16H,13-14H2,1H3,(H,23,25)/t16-/m1/s1. The Morgan fingerprint density at radius 3 is 2.33 bits per heavy atom. The fraction of sp³-hybridized carbons (Fsp3) is 0.182. The van der Waals surface area contributed by atoms with Crippen LogP contribution in [0.3, 0.4) is 0 Å². The van der Waals surface area contributed by atoms with Crippen LogP contribution < -0.4 is 10.1 Å². The van der Waals surface area contributed by atoms with Crippen molar-refractivity contribution in [2.45, 2.75) is 19.4 Å². The van der Waals surface area contributed by atoms with Gasteiger partial charge in [-0.05, 0) is 49.1 Å². The van der Waals surface area contributed by atoms with E-state index in [1.54, 1.807) is 54.7 Å². The number of rotatable bonds is 8. The summed E-state index contributed by atoms with van der Waals surface area (Å²) in [7, 11) is 0. The molecule has 0 unspecified atom stereocenters. The summed E-state index contributed by atoms with van der Waals surface area (Å²) in [6, 6.07) is 20.0. The minimum atomic E-state index is -0.607. The molecular weight excluding hydrogens is 358 g/mol. The molecule has 0 saturated carbocycles. The van der Waals surface area contributed by atoms with E-state index in [-0.39, 0.29) is 11.7 Å². The van der Waals surface area contributed by atoms with Crippen molar-refractivity contribution >= 4 is 23.0 Å². The van der Waals surface area contributed by atoms with E-state index in [1.807, 2.05) is 29.6 Å². The van der Waals surface area contributed by atoms with Gasteiger partial charge in [0.25, 0.3) is 5.91 Å². The number of carbonyl (C=O) groups excluding carboxylic acids is 2. The molecular formula is C22H21NO3S. The second-order valence-electron chi connectivity index (χ2n) is 6.10. The molecule has 1 aromatic heterocycles. The summed E-state index contributed by atoms with van der Waals surface area (Å²) in [6.07, 6.45) is 0.205. The fourth-order valence-electron chi connectivity index (χ4n) is 2.61. The molecule has 3 aromatic rings. The number of hydrogen-bond acceptors (Lipinski definition) is 4. The predicted molar refractivity (Wildman–Crippen MR) is 107 cm³/mol. The zero-order valence-corrected chi connectivity index (χ0v) is 15.9. The van der Waals surface area contributed by atoms with Gasteiger partial charge in [0.2, 0.25) is 0 Å². The van der Waals surface area contributed by atoms with Crippen molar-refractivity contribution in [1.82, 2.24) is 5.32 Å². The Balaban J connectivity index is 1.51. The van der Waals surface area contributed by atoms with Crippen molar-refractivity contribution in [3.63, 3.8) is 0 Å². The Labute approximate surface area is 162 Å². The highest BCUT2D eigenvalue weighted by atomic mass is 32.1. The Bertz CT molecular complexity index is 874. The zero-order valence-electron chi connectivity index (χ0n) is 15.1. The molecule has 27 heavy (non-hydrogen) atoms. The second-order valence-corrected chi connectivity index (χ2v) is 7.13. The summed E-state index contributed by atoms with van der Waals surface area (Å²) in [5, 5.41) is 4.90. The Hall–Kier alpha value is -2.92. The first-order valence-corrected chi connectivity index (χ1v) is 9.68. The molecule has 0 spiro atoms. The van der Waals surface area contributed by atoms with Crippen LogP contribution in [0.15, 0.2) is 72.1 Å². The molecule has 1 atom stereocenters. The largest absolute Gasteiger partial charge is 0.481 e. The summed E-state index contributed by atoms with van der Waals surface area (Å²) in [5.74, 6) is 0.359. The molecule has 0 aliphatic rings. The summed E-state index contributed by atoms with van der Waals surface area (Å²) in [6.45, 7) is 2.29. The topological polar surface area (TPSA) is 55.4 Å². The highest BCUT2D eigenvalue weighted by Crippen LogP contribution is 2.17. The molecule has 1 heterocycles. The zero-order chi connectivity index (χ0) is 19.1. The van der Waals surface area contributed by atoms with Crippen LogP contribution in [0.4, 0.5) is 0 Å². The van der Waals surface area contributed by atoms with Crippen molar-refractivity contribution in [1.29, 1.82) is 0 Å². The molecule has 1 N–H and O–H groups in total. The molecule has 0 bridgehead atoms. The van der Waals surface area contributed by atoms with Gasteiger partial charge in [-0.25, -0.2) is 0 Å². The normalized spacial score (nSPS) is 11.6. The molecule has 0 saturated heterocycles. The van der Waals surface area contributed by atoms with E-state index in [0.717, 1.165) is 6.42 Å². The van der Waals surface area contributed by atoms with E-state index in [4.69, 9.17) is 4.74 Å². The first-order valence-electron chi connectivity index (χ1n) is 8.80. The van der Waals surface area contributed by atoms with E-state index >= 15 is 0 Å². The maximum Gasteiger partial charge on any atom is 0.260 e. The quantitative estimate of drug-likeness (QED) is 0.600. The van der Waals surface area contributed by atoms with Crippen LogP contribution in [0.1, 0.15) is 27.7 Å². The molecule has 4 nitrogen and oxygen atoms in total. The number of amides is 1. The van der Waals surface area contributed by atoms with E-state index < -0.39 is 6.10 Å². The lowest BCUT2D eigenvalue weighted by Gasteiger charge is -2.15. The number of hydrogen-bond donors (Lipinski definition) is 1. The Morgan fingerprint density at radius 2 is 1.67 bits per heavy atom. The number of nitrogens with one attached hydrogen (secondary N) is 1. The Morgan fingerprint density at radius 1 is 0.963 bits per heavy atom. The number of carbonyl (C=O) groups is 2. The molecule has 138 valence electrons. The third-order valence-corrected chi connectivity index (χ3v) is 5.02. The van der Waals surface area contributed by atoms with Crippen molar-refractivity contribution in [3.05, 3.63) is 88.1 Å². The van der Waals surface area contributed by atoms with Gasteiger partial charge in [0, 0.05) is 22.5 Å². The highest BCUT2D eigenvalue weighted by molar-refractivity contribution is 7.09. The molecule has 2 aromatic carbocycles. The van der Waals surface area contributed by atoms with Gasteiger partial charge < -0.3 is 10.1 Å². The third kappa shape index (κ3) is 5.28. The average Bonchev–Trinajstić information content (AvgIpc) is 3.22. The van der Waals surface area contributed by atoms with Gasteiger partial charge >= 0.3 is 0 Å². The SMILES string of the molecule is C[C@@H](Oc1ccc(C(=O)c2ccccc2)cc1)C(=O)NCCc1cccs1. The lowest BCUT2D eigenvalue weighted by Crippen LogP contribution is -2.37. The smallest absolute Gasteiger partial charge is 0.260 e. The monoisotopic (exact) mass is 379 g/mol. The molecule has 0 aliphatic heterocycles. The Kier molecular flexibility index (Phi) is 6.39. The second kappa shape index (κ2) is 9.14. The van der Waals surface area contributed by atoms with Crippen molar-refractivity contribution < 1.29 is 14.3 Å². The summed E-state index contributed by atoms with van der Waals surface area (Å²) in [4.78, 5) is 25.8. The molecule has 1 amide bonds. The maximum atomic E-state index is 12.4. The third-order valence-electron chi connectivity index (χ3n) is 4.09. The number of benzene rings is 2.